The number of rotatable bonds is 2. The Morgan fingerprint density at radius 1 is 1.00 bits per heavy atom. The average Bonchev–Trinajstić information content (AvgIpc) is 2.96. The summed E-state index contributed by atoms with van der Waals surface area (Å²) in [4.78, 5) is 13.7. The highest BCUT2D eigenvalue weighted by Crippen LogP contribution is 2.71. The average molecular weight is 356 g/mol. The number of nitrogens with zero attached hydrogens (tertiary/aromatic N) is 1. The molecular weight excluding hydrogens is 318 g/mol. The standard InChI is InChI=1S/C24H37NO/c1-16-21(26)20-18-10-9-17(8-7-15-25)22(18,2)14-11-19(20)24(4)13-6-5-12-23(16,24)3/h16-20H,5-14H2,1-4H3. The minimum atomic E-state index is 0.204. The van der Waals surface area contributed by atoms with E-state index < -0.39 is 0 Å². The number of nitriles is 1. The Kier molecular flexibility index (Phi) is 4.33. The van der Waals surface area contributed by atoms with Crippen molar-refractivity contribution in [1.29, 1.82) is 5.26 Å². The van der Waals surface area contributed by atoms with Crippen molar-refractivity contribution in [3.8, 4) is 6.07 Å². The van der Waals surface area contributed by atoms with Crippen LogP contribution in [-0.2, 0) is 4.79 Å². The molecule has 0 N–H and O–H groups in total. The monoisotopic (exact) mass is 355 g/mol. The molecule has 144 valence electrons. The van der Waals surface area contributed by atoms with E-state index in [1.54, 1.807) is 0 Å². The molecule has 8 unspecified atom stereocenters. The Morgan fingerprint density at radius 3 is 2.38 bits per heavy atom. The van der Waals surface area contributed by atoms with E-state index in [1.165, 1.54) is 51.4 Å². The summed E-state index contributed by atoms with van der Waals surface area (Å²) in [6.45, 7) is 9.73. The van der Waals surface area contributed by atoms with Crippen LogP contribution in [0.15, 0.2) is 0 Å². The lowest BCUT2D eigenvalue weighted by Crippen LogP contribution is -2.63. The molecule has 2 heteroatoms. The third-order valence-corrected chi connectivity index (χ3v) is 10.5. The first kappa shape index (κ1) is 18.5. The van der Waals surface area contributed by atoms with E-state index in [0.29, 0.717) is 46.7 Å². The van der Waals surface area contributed by atoms with Crippen molar-refractivity contribution < 1.29 is 4.79 Å². The number of Topliss-reactive ketones (excluding diaryl/α,β-unsaturated/α-hetero) is 1. The molecule has 26 heavy (non-hydrogen) atoms. The fraction of sp³-hybridized carbons (Fsp3) is 0.917. The van der Waals surface area contributed by atoms with Gasteiger partial charge in [-0.25, -0.2) is 0 Å². The van der Waals surface area contributed by atoms with Gasteiger partial charge in [0.15, 0.2) is 0 Å². The molecule has 4 aliphatic carbocycles. The van der Waals surface area contributed by atoms with Gasteiger partial charge in [0.1, 0.15) is 5.78 Å². The van der Waals surface area contributed by atoms with Gasteiger partial charge >= 0.3 is 0 Å². The smallest absolute Gasteiger partial charge is 0.139 e. The van der Waals surface area contributed by atoms with Gasteiger partial charge in [-0.1, -0.05) is 40.5 Å². The summed E-state index contributed by atoms with van der Waals surface area (Å²) in [6, 6.07) is 2.36. The highest BCUT2D eigenvalue weighted by atomic mass is 16.1. The van der Waals surface area contributed by atoms with E-state index >= 15 is 0 Å². The Bertz CT molecular complexity index is 635. The molecule has 4 saturated carbocycles. The van der Waals surface area contributed by atoms with Crippen molar-refractivity contribution in [2.24, 2.45) is 45.8 Å². The predicted octanol–water partition coefficient (Wildman–Crippen LogP) is 6.15. The van der Waals surface area contributed by atoms with Crippen LogP contribution in [0.3, 0.4) is 0 Å². The lowest BCUT2D eigenvalue weighted by Gasteiger charge is -2.66. The maximum Gasteiger partial charge on any atom is 0.139 e. The summed E-state index contributed by atoms with van der Waals surface area (Å²) in [6.07, 6.45) is 11.9. The van der Waals surface area contributed by atoms with Crippen molar-refractivity contribution in [2.75, 3.05) is 0 Å². The molecule has 4 fully saturated rings. The van der Waals surface area contributed by atoms with Gasteiger partial charge in [-0.3, -0.25) is 4.79 Å². The first-order valence-electron chi connectivity index (χ1n) is 11.2. The fourth-order valence-electron chi connectivity index (χ4n) is 8.55. The summed E-state index contributed by atoms with van der Waals surface area (Å²) < 4.78 is 0. The van der Waals surface area contributed by atoms with Gasteiger partial charge < -0.3 is 0 Å². The summed E-state index contributed by atoms with van der Waals surface area (Å²) in [5, 5.41) is 9.06. The van der Waals surface area contributed by atoms with Crippen molar-refractivity contribution in [3.05, 3.63) is 0 Å². The third-order valence-electron chi connectivity index (χ3n) is 10.5. The van der Waals surface area contributed by atoms with Crippen LogP contribution in [-0.4, -0.2) is 5.78 Å². The molecule has 2 nitrogen and oxygen atoms in total. The van der Waals surface area contributed by atoms with Crippen LogP contribution >= 0.6 is 0 Å². The second kappa shape index (κ2) is 6.08. The molecule has 0 bridgehead atoms. The summed E-state index contributed by atoms with van der Waals surface area (Å²) in [7, 11) is 0. The van der Waals surface area contributed by atoms with Crippen molar-refractivity contribution in [2.45, 2.75) is 91.9 Å². The number of ketones is 1. The lowest BCUT2D eigenvalue weighted by atomic mass is 9.38. The summed E-state index contributed by atoms with van der Waals surface area (Å²) in [5.41, 5.74) is 0.845. The molecule has 0 aliphatic heterocycles. The minimum absolute atomic E-state index is 0.204. The van der Waals surface area contributed by atoms with Crippen LogP contribution in [0.1, 0.15) is 91.9 Å². The molecule has 8 atom stereocenters. The zero-order valence-corrected chi connectivity index (χ0v) is 17.3. The van der Waals surface area contributed by atoms with Crippen LogP contribution in [0.5, 0.6) is 0 Å². The molecular formula is C24H37NO. The van der Waals surface area contributed by atoms with Crippen LogP contribution in [0.2, 0.25) is 0 Å². The second-order valence-electron chi connectivity index (χ2n) is 10.9. The molecule has 0 spiro atoms. The SMILES string of the molecule is CC1C(=O)C2C3CCC(CCC#N)C3(C)CCC2C2(C)CCCCC12C. The molecule has 4 aliphatic rings. The zero-order chi connectivity index (χ0) is 18.7. The topological polar surface area (TPSA) is 40.9 Å². The van der Waals surface area contributed by atoms with E-state index in [-0.39, 0.29) is 11.3 Å². The van der Waals surface area contributed by atoms with Crippen molar-refractivity contribution in [1.82, 2.24) is 0 Å². The second-order valence-corrected chi connectivity index (χ2v) is 10.9. The highest BCUT2D eigenvalue weighted by Gasteiger charge is 2.67. The van der Waals surface area contributed by atoms with Gasteiger partial charge in [0.25, 0.3) is 0 Å². The lowest BCUT2D eigenvalue weighted by molar-refractivity contribution is -0.187. The van der Waals surface area contributed by atoms with E-state index in [9.17, 15) is 4.79 Å². The molecule has 0 saturated heterocycles. The Labute approximate surface area is 160 Å². The van der Waals surface area contributed by atoms with E-state index in [4.69, 9.17) is 5.26 Å². The molecule has 4 rings (SSSR count). The van der Waals surface area contributed by atoms with E-state index in [1.807, 2.05) is 0 Å². The predicted molar refractivity (Wildman–Crippen MR) is 104 cm³/mol. The molecule has 0 radical (unpaired) electrons. The Balaban J connectivity index is 1.70. The van der Waals surface area contributed by atoms with Gasteiger partial charge in [0, 0.05) is 18.3 Å². The highest BCUT2D eigenvalue weighted by molar-refractivity contribution is 5.86. The Hall–Kier alpha value is -0.840. The number of hydrogen-bond acceptors (Lipinski definition) is 2. The van der Waals surface area contributed by atoms with Crippen molar-refractivity contribution >= 4 is 5.78 Å². The first-order valence-corrected chi connectivity index (χ1v) is 11.2. The summed E-state index contributed by atoms with van der Waals surface area (Å²) >= 11 is 0. The van der Waals surface area contributed by atoms with Gasteiger partial charge in [0.05, 0.1) is 6.07 Å². The largest absolute Gasteiger partial charge is 0.299 e. The normalized spacial score (nSPS) is 53.3. The molecule has 0 heterocycles. The van der Waals surface area contributed by atoms with Crippen LogP contribution < -0.4 is 0 Å². The zero-order valence-electron chi connectivity index (χ0n) is 17.3. The molecule has 0 amide bonds. The van der Waals surface area contributed by atoms with Gasteiger partial charge in [-0.15, -0.1) is 0 Å². The van der Waals surface area contributed by atoms with Crippen LogP contribution in [0.4, 0.5) is 0 Å². The number of hydrogen-bond donors (Lipinski definition) is 0. The first-order chi connectivity index (χ1) is 12.3. The summed E-state index contributed by atoms with van der Waals surface area (Å²) in [5.74, 6) is 2.95. The van der Waals surface area contributed by atoms with Gasteiger partial charge in [-0.2, -0.15) is 5.26 Å². The number of fused-ring (bicyclic) bond motifs is 5. The molecule has 0 aromatic carbocycles. The van der Waals surface area contributed by atoms with E-state index in [0.717, 1.165) is 6.42 Å². The van der Waals surface area contributed by atoms with Gasteiger partial charge in [0.2, 0.25) is 0 Å². The number of carbonyl (C=O) groups is 1. The van der Waals surface area contributed by atoms with E-state index in [2.05, 4.69) is 33.8 Å². The third kappa shape index (κ3) is 2.18. The molecule has 0 aromatic rings. The fourth-order valence-corrected chi connectivity index (χ4v) is 8.55. The quantitative estimate of drug-likeness (QED) is 0.595. The molecule has 0 aromatic heterocycles. The number of carbonyl (C=O) groups excluding carboxylic acids is 1. The minimum Gasteiger partial charge on any atom is -0.299 e. The van der Waals surface area contributed by atoms with Gasteiger partial charge in [-0.05, 0) is 78.9 Å². The van der Waals surface area contributed by atoms with Crippen molar-refractivity contribution in [3.63, 3.8) is 0 Å². The Morgan fingerprint density at radius 2 is 1.69 bits per heavy atom. The maximum atomic E-state index is 13.7. The van der Waals surface area contributed by atoms with Crippen LogP contribution in [0, 0.1) is 57.2 Å². The maximum absolute atomic E-state index is 13.7. The van der Waals surface area contributed by atoms with Crippen LogP contribution in [0.25, 0.3) is 0 Å².